The summed E-state index contributed by atoms with van der Waals surface area (Å²) < 4.78 is 17.6. The zero-order valence-electron chi connectivity index (χ0n) is 12.7. The molecule has 1 aromatic carbocycles. The quantitative estimate of drug-likeness (QED) is 0.681. The lowest BCUT2D eigenvalue weighted by molar-refractivity contribution is 0.226. The number of aryl methyl sites for hydroxylation is 3. The Bertz CT molecular complexity index is 618. The highest BCUT2D eigenvalue weighted by molar-refractivity contribution is 6.13. The van der Waals surface area contributed by atoms with Gasteiger partial charge in [0, 0.05) is 0 Å². The molecule has 1 unspecified atom stereocenters. The summed E-state index contributed by atoms with van der Waals surface area (Å²) in [4.78, 5) is 0. The van der Waals surface area contributed by atoms with Crippen molar-refractivity contribution in [1.29, 1.82) is 0 Å². The maximum atomic E-state index is 5.93. The Hall–Kier alpha value is -1.92. The van der Waals surface area contributed by atoms with Gasteiger partial charge in [-0.2, -0.15) is 0 Å². The Morgan fingerprint density at radius 3 is 2.68 bits per heavy atom. The number of hydrogen-bond acceptors (Lipinski definition) is 6. The van der Waals surface area contributed by atoms with Crippen molar-refractivity contribution in [2.45, 2.75) is 26.9 Å². The second-order valence-electron chi connectivity index (χ2n) is 5.41. The topological polar surface area (TPSA) is 58.6 Å². The molecule has 1 N–H and O–H groups in total. The third-order valence-corrected chi connectivity index (χ3v) is 3.44. The van der Waals surface area contributed by atoms with Gasteiger partial charge in [0.05, 0.1) is 24.5 Å². The normalized spacial score (nSPS) is 20.0. The molecule has 2 heterocycles. The first-order valence-corrected chi connectivity index (χ1v) is 7.38. The Morgan fingerprint density at radius 1 is 1.36 bits per heavy atom. The van der Waals surface area contributed by atoms with Crippen LogP contribution >= 0.6 is 11.8 Å². The van der Waals surface area contributed by atoms with E-state index in [1.807, 2.05) is 13.8 Å². The zero-order valence-corrected chi connectivity index (χ0v) is 13.5. The largest absolute Gasteiger partial charge is 0.474 e. The minimum atomic E-state index is 0.153. The molecule has 1 saturated heterocycles. The molecule has 0 aromatic heterocycles. The second kappa shape index (κ2) is 6.06. The number of nitrogens with one attached hydrogen (secondary N) is 1. The van der Waals surface area contributed by atoms with Gasteiger partial charge >= 0.3 is 0 Å². The predicted octanol–water partition coefficient (Wildman–Crippen LogP) is 2.53. The maximum absolute atomic E-state index is 5.93. The molecule has 7 heteroatoms. The molecule has 0 bridgehead atoms. The average Bonchev–Trinajstić information content (AvgIpc) is 3.24. The van der Waals surface area contributed by atoms with Crippen molar-refractivity contribution in [2.24, 2.45) is 5.10 Å². The van der Waals surface area contributed by atoms with Crippen LogP contribution in [-0.2, 0) is 9.47 Å². The highest BCUT2D eigenvalue weighted by Gasteiger charge is 2.25. The van der Waals surface area contributed by atoms with Crippen LogP contribution in [0.4, 0.5) is 0 Å². The van der Waals surface area contributed by atoms with Crippen LogP contribution in [-0.4, -0.2) is 29.9 Å². The van der Waals surface area contributed by atoms with E-state index in [4.69, 9.17) is 26.0 Å². The van der Waals surface area contributed by atoms with Crippen molar-refractivity contribution >= 4 is 17.7 Å². The van der Waals surface area contributed by atoms with E-state index in [1.165, 1.54) is 5.56 Å². The predicted molar refractivity (Wildman–Crippen MR) is 83.3 cm³/mol. The summed E-state index contributed by atoms with van der Waals surface area (Å²) in [6.45, 7) is 7.25. The van der Waals surface area contributed by atoms with E-state index in [-0.39, 0.29) is 6.10 Å². The number of hydrazine groups is 1. The molecular weight excluding hydrogens is 306 g/mol. The van der Waals surface area contributed by atoms with Crippen molar-refractivity contribution in [3.8, 4) is 5.75 Å². The van der Waals surface area contributed by atoms with Crippen molar-refractivity contribution < 1.29 is 14.2 Å². The molecule has 0 aliphatic carbocycles. The van der Waals surface area contributed by atoms with Gasteiger partial charge in [-0.25, -0.2) is 5.43 Å². The number of ether oxygens (including phenoxy) is 3. The monoisotopic (exact) mass is 323 g/mol. The standard InChI is InChI=1S/C15H18ClN3O3/c1-9-4-10(2)15(11(3)5-9)22-14-6-13(17-19(16)18-14)21-8-12-7-20-12/h4-6,12,18H,7-8H2,1-3H3. The van der Waals surface area contributed by atoms with E-state index in [0.717, 1.165) is 28.1 Å². The molecule has 0 radical (unpaired) electrons. The second-order valence-corrected chi connectivity index (χ2v) is 5.74. The first-order valence-electron chi connectivity index (χ1n) is 7.04. The van der Waals surface area contributed by atoms with Gasteiger partial charge in [0.2, 0.25) is 11.8 Å². The fourth-order valence-electron chi connectivity index (χ4n) is 2.28. The molecule has 1 aromatic rings. The molecule has 3 rings (SSSR count). The van der Waals surface area contributed by atoms with Gasteiger partial charge in [-0.15, -0.1) is 9.74 Å². The molecule has 1 atom stereocenters. The van der Waals surface area contributed by atoms with Crippen LogP contribution in [0.1, 0.15) is 16.7 Å². The summed E-state index contributed by atoms with van der Waals surface area (Å²) in [5.74, 6) is 1.62. The number of epoxide rings is 1. The highest BCUT2D eigenvalue weighted by Crippen LogP contribution is 2.26. The van der Waals surface area contributed by atoms with Crippen LogP contribution in [0, 0.1) is 20.8 Å². The summed E-state index contributed by atoms with van der Waals surface area (Å²) in [6.07, 6.45) is 1.82. The van der Waals surface area contributed by atoms with Gasteiger partial charge in [-0.3, -0.25) is 0 Å². The van der Waals surface area contributed by atoms with Gasteiger partial charge < -0.3 is 14.2 Å². The Labute approximate surface area is 134 Å². The van der Waals surface area contributed by atoms with Crippen LogP contribution < -0.4 is 10.2 Å². The molecule has 2 aliphatic rings. The minimum absolute atomic E-state index is 0.153. The highest BCUT2D eigenvalue weighted by atomic mass is 35.5. The summed E-state index contributed by atoms with van der Waals surface area (Å²) in [5, 5.41) is 4.00. The summed E-state index contributed by atoms with van der Waals surface area (Å²) in [5.41, 5.74) is 6.11. The third-order valence-electron chi connectivity index (χ3n) is 3.28. The maximum Gasteiger partial charge on any atom is 0.239 e. The summed E-state index contributed by atoms with van der Waals surface area (Å²) in [7, 11) is 0. The van der Waals surface area contributed by atoms with E-state index < -0.39 is 0 Å². The van der Waals surface area contributed by atoms with E-state index in [2.05, 4.69) is 29.6 Å². The fourth-order valence-corrected chi connectivity index (χ4v) is 2.44. The average molecular weight is 324 g/mol. The van der Waals surface area contributed by atoms with Gasteiger partial charge in [-0.05, 0) is 31.9 Å². The molecule has 0 saturated carbocycles. The van der Waals surface area contributed by atoms with Crippen molar-refractivity contribution in [3.05, 3.63) is 40.8 Å². The number of halogens is 1. The van der Waals surface area contributed by atoms with Gasteiger partial charge in [0.15, 0.2) is 0 Å². The number of benzene rings is 1. The van der Waals surface area contributed by atoms with Crippen LogP contribution in [0.25, 0.3) is 0 Å². The van der Waals surface area contributed by atoms with E-state index in [1.54, 1.807) is 6.08 Å². The lowest BCUT2D eigenvalue weighted by Gasteiger charge is -2.22. The first kappa shape index (κ1) is 15.0. The Kier molecular flexibility index (Phi) is 4.13. The van der Waals surface area contributed by atoms with E-state index >= 15 is 0 Å². The molecule has 6 nitrogen and oxygen atoms in total. The molecule has 0 amide bonds. The van der Waals surface area contributed by atoms with E-state index in [9.17, 15) is 0 Å². The van der Waals surface area contributed by atoms with Crippen molar-refractivity contribution in [2.75, 3.05) is 13.2 Å². The lowest BCUT2D eigenvalue weighted by atomic mass is 10.1. The van der Waals surface area contributed by atoms with Crippen molar-refractivity contribution in [1.82, 2.24) is 10.1 Å². The minimum Gasteiger partial charge on any atom is -0.474 e. The molecule has 2 aliphatic heterocycles. The number of rotatable bonds is 4. The molecule has 22 heavy (non-hydrogen) atoms. The number of hydrazone groups is 1. The van der Waals surface area contributed by atoms with E-state index in [0.29, 0.717) is 18.4 Å². The molecule has 1 fully saturated rings. The van der Waals surface area contributed by atoms with Gasteiger partial charge in [0.25, 0.3) is 0 Å². The number of nitrogens with zero attached hydrogens (tertiary/aromatic N) is 2. The van der Waals surface area contributed by atoms with Crippen LogP contribution in [0.5, 0.6) is 5.75 Å². The zero-order chi connectivity index (χ0) is 15.7. The SMILES string of the molecule is Cc1cc(C)c(OC2=CC(OCC3CO3)=NN(Cl)N2)c(C)c1. The summed E-state index contributed by atoms with van der Waals surface area (Å²) >= 11 is 5.91. The lowest BCUT2D eigenvalue weighted by Crippen LogP contribution is -2.33. The van der Waals surface area contributed by atoms with Crippen LogP contribution in [0.3, 0.4) is 0 Å². The van der Waals surface area contributed by atoms with Crippen molar-refractivity contribution in [3.63, 3.8) is 0 Å². The Balaban J connectivity index is 1.74. The van der Waals surface area contributed by atoms with Crippen LogP contribution in [0.15, 0.2) is 29.2 Å². The fraction of sp³-hybridized carbons (Fsp3) is 0.400. The van der Waals surface area contributed by atoms with Gasteiger partial charge in [0.1, 0.15) is 18.5 Å². The molecular formula is C15H18ClN3O3. The Morgan fingerprint density at radius 2 is 2.05 bits per heavy atom. The van der Waals surface area contributed by atoms with Crippen LogP contribution in [0.2, 0.25) is 0 Å². The first-order chi connectivity index (χ1) is 10.5. The smallest absolute Gasteiger partial charge is 0.239 e. The molecule has 0 spiro atoms. The third kappa shape index (κ3) is 3.64. The van der Waals surface area contributed by atoms with Gasteiger partial charge in [-0.1, -0.05) is 17.7 Å². The summed E-state index contributed by atoms with van der Waals surface area (Å²) in [6, 6.07) is 4.14. The molecule has 118 valence electrons. The number of hydrogen-bond donors (Lipinski definition) is 1.